The van der Waals surface area contributed by atoms with E-state index in [2.05, 4.69) is 27.3 Å². The Labute approximate surface area is 206 Å². The van der Waals surface area contributed by atoms with E-state index in [-0.39, 0.29) is 19.3 Å². The molecule has 1 atom stereocenters. The van der Waals surface area contributed by atoms with Crippen LogP contribution in [0.15, 0.2) is 0 Å². The Morgan fingerprint density at radius 1 is 0.636 bits per heavy atom. The second kappa shape index (κ2) is 28.0. The third-order valence-electron chi connectivity index (χ3n) is 5.45. The Morgan fingerprint density at radius 2 is 1.03 bits per heavy atom. The maximum absolute atomic E-state index is 11.1. The minimum Gasteiger partial charge on any atom is -0.393 e. The monoisotopic (exact) mass is 496 g/mol. The summed E-state index contributed by atoms with van der Waals surface area (Å²) in [6.45, 7) is 8.32. The van der Waals surface area contributed by atoms with Crippen molar-refractivity contribution in [3.05, 3.63) is 0 Å². The van der Waals surface area contributed by atoms with E-state index >= 15 is 0 Å². The molecule has 0 saturated heterocycles. The first-order valence-electron chi connectivity index (χ1n) is 13.8. The van der Waals surface area contributed by atoms with Crippen LogP contribution >= 0.6 is 0 Å². The Balaban J connectivity index is 0. The lowest BCUT2D eigenvalue weighted by Crippen LogP contribution is -2.11. The Morgan fingerprint density at radius 3 is 1.42 bits per heavy atom. The molecule has 0 fully saturated rings. The van der Waals surface area contributed by atoms with Crippen molar-refractivity contribution in [1.82, 2.24) is 0 Å². The predicted octanol–water partition coefficient (Wildman–Crippen LogP) is 8.03. The lowest BCUT2D eigenvalue weighted by atomic mass is 10.1. The molecule has 1 unspecified atom stereocenters. The van der Waals surface area contributed by atoms with Gasteiger partial charge in [-0.15, -0.1) is 0 Å². The van der Waals surface area contributed by atoms with Gasteiger partial charge in [0.2, 0.25) is 0 Å². The van der Waals surface area contributed by atoms with E-state index < -0.39 is 10.4 Å². The molecular weight excluding hydrogens is 440 g/mol. The number of unbranched alkanes of at least 4 members (excludes halogenated alkanes) is 16. The molecular formula is C26H56O6S. The standard InChI is InChI=1S/C14H30O5S.C12H26O/c1-3-5-6-7-8-9-10-11-12-13-14-18-20(15,16)19-17-4-2;1-3-4-5-6-7-8-9-10-11-12(2)13/h3-14H2,1-2H3;12-13H,3-11H2,1-2H3. The first kappa shape index (κ1) is 35.0. The molecule has 0 bridgehead atoms. The van der Waals surface area contributed by atoms with E-state index in [1.54, 1.807) is 6.92 Å². The van der Waals surface area contributed by atoms with Gasteiger partial charge in [0.25, 0.3) is 0 Å². The number of hydrogen-bond donors (Lipinski definition) is 1. The minimum absolute atomic E-state index is 0.0971. The van der Waals surface area contributed by atoms with Gasteiger partial charge in [-0.25, -0.2) is 9.07 Å². The van der Waals surface area contributed by atoms with Crippen LogP contribution in [0.4, 0.5) is 0 Å². The number of hydrogen-bond acceptors (Lipinski definition) is 6. The van der Waals surface area contributed by atoms with Gasteiger partial charge in [0, 0.05) is 0 Å². The van der Waals surface area contributed by atoms with Crippen LogP contribution in [0.5, 0.6) is 0 Å². The van der Waals surface area contributed by atoms with E-state index in [9.17, 15) is 8.42 Å². The summed E-state index contributed by atoms with van der Waals surface area (Å²) in [6.07, 6.45) is 23.6. The van der Waals surface area contributed by atoms with Crippen LogP contribution in [0.2, 0.25) is 0 Å². The minimum atomic E-state index is -3.98. The molecule has 0 amide bonds. The van der Waals surface area contributed by atoms with Crippen molar-refractivity contribution in [2.75, 3.05) is 13.2 Å². The quantitative estimate of drug-likeness (QED) is 0.0827. The average molecular weight is 497 g/mol. The average Bonchev–Trinajstić information content (AvgIpc) is 2.78. The summed E-state index contributed by atoms with van der Waals surface area (Å²) in [4.78, 5) is 4.34. The van der Waals surface area contributed by atoms with E-state index in [0.717, 1.165) is 25.7 Å². The lowest BCUT2D eigenvalue weighted by molar-refractivity contribution is -0.205. The maximum atomic E-state index is 11.1. The van der Waals surface area contributed by atoms with Crippen LogP contribution < -0.4 is 0 Å². The third kappa shape index (κ3) is 34.0. The molecule has 33 heavy (non-hydrogen) atoms. The fourth-order valence-electron chi connectivity index (χ4n) is 3.45. The molecule has 0 rings (SSSR count). The normalized spacial score (nSPS) is 12.4. The molecule has 0 aliphatic heterocycles. The van der Waals surface area contributed by atoms with Crippen LogP contribution in [0.3, 0.4) is 0 Å². The van der Waals surface area contributed by atoms with Crippen molar-refractivity contribution < 1.29 is 26.9 Å². The SMILES string of the molecule is CCCCCCCCCCC(C)O.CCCCCCCCCCCCOS(=O)(=O)OOCC. The highest BCUT2D eigenvalue weighted by Crippen LogP contribution is 2.11. The topological polar surface area (TPSA) is 82.1 Å². The second-order valence-electron chi connectivity index (χ2n) is 9.00. The van der Waals surface area contributed by atoms with Crippen molar-refractivity contribution in [3.8, 4) is 0 Å². The molecule has 0 spiro atoms. The predicted molar refractivity (Wildman–Crippen MR) is 138 cm³/mol. The van der Waals surface area contributed by atoms with E-state index in [1.165, 1.54) is 96.3 Å². The van der Waals surface area contributed by atoms with Gasteiger partial charge in [-0.05, 0) is 26.7 Å². The number of aliphatic hydroxyl groups excluding tert-OH is 1. The highest BCUT2D eigenvalue weighted by molar-refractivity contribution is 7.81. The van der Waals surface area contributed by atoms with E-state index in [0.29, 0.717) is 0 Å². The molecule has 0 aromatic heterocycles. The fraction of sp³-hybridized carbons (Fsp3) is 1.00. The van der Waals surface area contributed by atoms with Crippen LogP contribution in [0.1, 0.15) is 150 Å². The van der Waals surface area contributed by atoms with Crippen LogP contribution in [0, 0.1) is 0 Å². The molecule has 0 aliphatic rings. The molecule has 7 heteroatoms. The zero-order valence-electron chi connectivity index (χ0n) is 22.3. The van der Waals surface area contributed by atoms with Crippen molar-refractivity contribution in [3.63, 3.8) is 0 Å². The van der Waals surface area contributed by atoms with Gasteiger partial charge in [0.15, 0.2) is 0 Å². The zero-order valence-corrected chi connectivity index (χ0v) is 23.1. The molecule has 0 aromatic carbocycles. The maximum Gasteiger partial charge on any atom is 0.426 e. The van der Waals surface area contributed by atoms with Crippen molar-refractivity contribution in [2.24, 2.45) is 0 Å². The molecule has 1 N–H and O–H groups in total. The van der Waals surface area contributed by atoms with Gasteiger partial charge >= 0.3 is 10.4 Å². The van der Waals surface area contributed by atoms with Gasteiger partial charge in [0.1, 0.15) is 0 Å². The highest BCUT2D eigenvalue weighted by Gasteiger charge is 2.12. The summed E-state index contributed by atoms with van der Waals surface area (Å²) in [5, 5.41) is 9.03. The summed E-state index contributed by atoms with van der Waals surface area (Å²) in [6, 6.07) is 0. The summed E-state index contributed by atoms with van der Waals surface area (Å²) in [7, 11) is -3.98. The molecule has 6 nitrogen and oxygen atoms in total. The smallest absolute Gasteiger partial charge is 0.393 e. The Bertz CT molecular complexity index is 454. The number of aliphatic hydroxyl groups is 1. The Hall–Kier alpha value is -0.210. The lowest BCUT2D eigenvalue weighted by Gasteiger charge is -2.04. The summed E-state index contributed by atoms with van der Waals surface area (Å²) in [5.74, 6) is 0. The molecule has 0 heterocycles. The number of rotatable bonds is 24. The summed E-state index contributed by atoms with van der Waals surface area (Å²) < 4.78 is 30.9. The van der Waals surface area contributed by atoms with E-state index in [1.807, 2.05) is 6.92 Å². The summed E-state index contributed by atoms with van der Waals surface area (Å²) >= 11 is 0. The highest BCUT2D eigenvalue weighted by atomic mass is 32.3. The van der Waals surface area contributed by atoms with Crippen LogP contribution in [-0.2, 0) is 23.8 Å². The molecule has 202 valence electrons. The molecule has 0 aromatic rings. The van der Waals surface area contributed by atoms with Crippen molar-refractivity contribution in [2.45, 2.75) is 156 Å². The molecule has 0 radical (unpaired) electrons. The van der Waals surface area contributed by atoms with Gasteiger partial charge in [0.05, 0.1) is 19.3 Å². The van der Waals surface area contributed by atoms with Crippen molar-refractivity contribution in [1.29, 1.82) is 0 Å². The zero-order chi connectivity index (χ0) is 25.0. The van der Waals surface area contributed by atoms with Crippen molar-refractivity contribution >= 4 is 10.4 Å². The van der Waals surface area contributed by atoms with Crippen LogP contribution in [0.25, 0.3) is 0 Å². The van der Waals surface area contributed by atoms with Gasteiger partial charge in [-0.3, -0.25) is 0 Å². The third-order valence-corrected chi connectivity index (χ3v) is 6.17. The molecule has 0 saturated carbocycles. The van der Waals surface area contributed by atoms with Gasteiger partial charge < -0.3 is 5.11 Å². The second-order valence-corrected chi connectivity index (χ2v) is 10.2. The first-order valence-corrected chi connectivity index (χ1v) is 15.1. The van der Waals surface area contributed by atoms with Crippen LogP contribution in [-0.4, -0.2) is 32.8 Å². The largest absolute Gasteiger partial charge is 0.426 e. The summed E-state index contributed by atoms with van der Waals surface area (Å²) in [5.41, 5.74) is 0. The van der Waals surface area contributed by atoms with Gasteiger partial charge in [-0.2, -0.15) is 8.42 Å². The van der Waals surface area contributed by atoms with Gasteiger partial charge in [-0.1, -0.05) is 127 Å². The first-order chi connectivity index (χ1) is 15.9. The Kier molecular flexibility index (Phi) is 29.7. The fourth-order valence-corrected chi connectivity index (χ4v) is 4.03. The van der Waals surface area contributed by atoms with E-state index in [4.69, 9.17) is 5.11 Å². The molecule has 0 aliphatic carbocycles.